The van der Waals surface area contributed by atoms with Crippen LogP contribution in [0.4, 0.5) is 0 Å². The highest BCUT2D eigenvalue weighted by Gasteiger charge is 2.22. The summed E-state index contributed by atoms with van der Waals surface area (Å²) in [6, 6.07) is 26.5. The van der Waals surface area contributed by atoms with E-state index in [1.165, 1.54) is 5.56 Å². The molecular formula is C28H28N4O2S. The van der Waals surface area contributed by atoms with Gasteiger partial charge in [0, 0.05) is 30.8 Å². The smallest absolute Gasteiger partial charge is 0.254 e. The normalized spacial score (nSPS) is 13.7. The van der Waals surface area contributed by atoms with Crippen LogP contribution in [0.15, 0.2) is 84.0 Å². The number of rotatable bonds is 7. The molecule has 0 spiro atoms. The van der Waals surface area contributed by atoms with E-state index in [0.29, 0.717) is 38.5 Å². The molecule has 1 amide bonds. The number of morpholine rings is 1. The highest BCUT2D eigenvalue weighted by atomic mass is 32.2. The third-order valence-electron chi connectivity index (χ3n) is 6.16. The number of amides is 1. The SMILES string of the molecule is Cc1ccccc1-n1c(Cc2ccccc2)nnc1SCc1ccccc1C(=O)N1CCOCC1. The summed E-state index contributed by atoms with van der Waals surface area (Å²) in [5.41, 5.74) is 5.16. The largest absolute Gasteiger partial charge is 0.378 e. The second kappa shape index (κ2) is 10.9. The maximum atomic E-state index is 13.2. The lowest BCUT2D eigenvalue weighted by Crippen LogP contribution is -2.41. The summed E-state index contributed by atoms with van der Waals surface area (Å²) in [5, 5.41) is 9.97. The van der Waals surface area contributed by atoms with Gasteiger partial charge in [-0.05, 0) is 35.7 Å². The summed E-state index contributed by atoms with van der Waals surface area (Å²) in [4.78, 5) is 15.1. The van der Waals surface area contributed by atoms with Gasteiger partial charge in [-0.25, -0.2) is 0 Å². The lowest BCUT2D eigenvalue weighted by Gasteiger charge is -2.27. The molecule has 0 unspecified atom stereocenters. The van der Waals surface area contributed by atoms with Crippen LogP contribution in [0.5, 0.6) is 0 Å². The van der Waals surface area contributed by atoms with E-state index in [9.17, 15) is 4.79 Å². The van der Waals surface area contributed by atoms with Gasteiger partial charge in [0.15, 0.2) is 5.16 Å². The average Bonchev–Trinajstić information content (AvgIpc) is 3.30. The first kappa shape index (κ1) is 23.3. The number of carbonyl (C=O) groups is 1. The Labute approximate surface area is 210 Å². The van der Waals surface area contributed by atoms with Crippen molar-refractivity contribution in [1.82, 2.24) is 19.7 Å². The van der Waals surface area contributed by atoms with Crippen molar-refractivity contribution >= 4 is 17.7 Å². The zero-order valence-electron chi connectivity index (χ0n) is 19.8. The molecular weight excluding hydrogens is 456 g/mol. The summed E-state index contributed by atoms with van der Waals surface area (Å²) in [6.07, 6.45) is 0.689. The predicted octanol–water partition coefficient (Wildman–Crippen LogP) is 4.93. The maximum absolute atomic E-state index is 13.2. The molecule has 1 saturated heterocycles. The zero-order chi connectivity index (χ0) is 24.0. The number of carbonyl (C=O) groups excluding carboxylic acids is 1. The number of aromatic nitrogens is 3. The molecule has 5 rings (SSSR count). The van der Waals surface area contributed by atoms with E-state index in [-0.39, 0.29) is 5.91 Å². The van der Waals surface area contributed by atoms with E-state index in [2.05, 4.69) is 46.0 Å². The van der Waals surface area contributed by atoms with Crippen molar-refractivity contribution in [2.45, 2.75) is 24.3 Å². The van der Waals surface area contributed by atoms with Crippen LogP contribution < -0.4 is 0 Å². The predicted molar refractivity (Wildman–Crippen MR) is 138 cm³/mol. The third-order valence-corrected chi connectivity index (χ3v) is 7.14. The van der Waals surface area contributed by atoms with Gasteiger partial charge in [-0.1, -0.05) is 78.5 Å². The zero-order valence-corrected chi connectivity index (χ0v) is 20.6. The van der Waals surface area contributed by atoms with Crippen molar-refractivity contribution in [3.63, 3.8) is 0 Å². The molecule has 3 aromatic carbocycles. The van der Waals surface area contributed by atoms with Gasteiger partial charge in [0.05, 0.1) is 18.9 Å². The van der Waals surface area contributed by atoms with Gasteiger partial charge < -0.3 is 9.64 Å². The molecule has 0 N–H and O–H groups in total. The van der Waals surface area contributed by atoms with Gasteiger partial charge in [-0.3, -0.25) is 9.36 Å². The molecule has 2 heterocycles. The quantitative estimate of drug-likeness (QED) is 0.348. The first-order valence-corrected chi connectivity index (χ1v) is 12.8. The highest BCUT2D eigenvalue weighted by Crippen LogP contribution is 2.29. The van der Waals surface area contributed by atoms with Crippen molar-refractivity contribution in [1.29, 1.82) is 0 Å². The van der Waals surface area contributed by atoms with Crippen LogP contribution in [0, 0.1) is 6.92 Å². The Kier molecular flexibility index (Phi) is 7.25. The summed E-state index contributed by atoms with van der Waals surface area (Å²) >= 11 is 1.61. The van der Waals surface area contributed by atoms with Gasteiger partial charge in [0.2, 0.25) is 0 Å². The van der Waals surface area contributed by atoms with Gasteiger partial charge in [-0.15, -0.1) is 10.2 Å². The number of benzene rings is 3. The number of aryl methyl sites for hydroxylation is 1. The first-order valence-electron chi connectivity index (χ1n) is 11.8. The Balaban J connectivity index is 1.43. The standard InChI is InChI=1S/C28H28N4O2S/c1-21-9-5-8-14-25(21)32-26(19-22-10-3-2-4-11-22)29-30-28(32)35-20-23-12-6-7-13-24(23)27(33)31-15-17-34-18-16-31/h2-14H,15-20H2,1H3. The number of hydrogen-bond donors (Lipinski definition) is 0. The number of ether oxygens (including phenoxy) is 1. The van der Waals surface area contributed by atoms with Crippen LogP contribution in [-0.2, 0) is 16.9 Å². The van der Waals surface area contributed by atoms with Crippen LogP contribution in [-0.4, -0.2) is 51.9 Å². The van der Waals surface area contributed by atoms with Gasteiger partial charge in [0.25, 0.3) is 5.91 Å². The second-order valence-corrected chi connectivity index (χ2v) is 9.48. The average molecular weight is 485 g/mol. The van der Waals surface area contributed by atoms with E-state index in [4.69, 9.17) is 4.74 Å². The molecule has 0 aliphatic carbocycles. The Morgan fingerprint density at radius 1 is 0.914 bits per heavy atom. The van der Waals surface area contributed by atoms with Crippen LogP contribution >= 0.6 is 11.8 Å². The Morgan fingerprint density at radius 2 is 1.63 bits per heavy atom. The number of para-hydroxylation sites is 1. The summed E-state index contributed by atoms with van der Waals surface area (Å²) in [7, 11) is 0. The number of thioether (sulfide) groups is 1. The van der Waals surface area contributed by atoms with Crippen molar-refractivity contribution < 1.29 is 9.53 Å². The lowest BCUT2D eigenvalue weighted by molar-refractivity contribution is 0.0302. The van der Waals surface area contributed by atoms with E-state index in [1.807, 2.05) is 59.5 Å². The van der Waals surface area contributed by atoms with Crippen LogP contribution in [0.1, 0.15) is 32.9 Å². The summed E-state index contributed by atoms with van der Waals surface area (Å²) in [5.74, 6) is 1.59. The second-order valence-electron chi connectivity index (χ2n) is 8.53. The van der Waals surface area contributed by atoms with Crippen molar-refractivity contribution in [2.24, 2.45) is 0 Å². The Bertz CT molecular complexity index is 1300. The van der Waals surface area contributed by atoms with E-state index < -0.39 is 0 Å². The molecule has 1 aliphatic heterocycles. The van der Waals surface area contributed by atoms with E-state index in [0.717, 1.165) is 33.4 Å². The van der Waals surface area contributed by atoms with Crippen molar-refractivity contribution in [2.75, 3.05) is 26.3 Å². The van der Waals surface area contributed by atoms with Crippen molar-refractivity contribution in [3.05, 3.63) is 107 Å². The monoisotopic (exact) mass is 484 g/mol. The fourth-order valence-electron chi connectivity index (χ4n) is 4.28. The molecule has 1 aliphatic rings. The third kappa shape index (κ3) is 5.31. The number of hydrogen-bond acceptors (Lipinski definition) is 5. The maximum Gasteiger partial charge on any atom is 0.254 e. The molecule has 7 heteroatoms. The van der Waals surface area contributed by atoms with Crippen LogP contribution in [0.25, 0.3) is 5.69 Å². The molecule has 1 aromatic heterocycles. The van der Waals surface area contributed by atoms with E-state index in [1.54, 1.807) is 11.8 Å². The molecule has 178 valence electrons. The minimum Gasteiger partial charge on any atom is -0.378 e. The molecule has 1 fully saturated rings. The Hall–Kier alpha value is -3.42. The fraction of sp³-hybridized carbons (Fsp3) is 0.250. The molecule has 0 atom stereocenters. The van der Waals surface area contributed by atoms with Crippen molar-refractivity contribution in [3.8, 4) is 5.69 Å². The molecule has 35 heavy (non-hydrogen) atoms. The minimum absolute atomic E-state index is 0.0645. The van der Waals surface area contributed by atoms with Gasteiger partial charge in [0.1, 0.15) is 5.82 Å². The van der Waals surface area contributed by atoms with Gasteiger partial charge in [-0.2, -0.15) is 0 Å². The molecule has 0 saturated carbocycles. The lowest BCUT2D eigenvalue weighted by atomic mass is 10.1. The molecule has 0 bridgehead atoms. The molecule has 4 aromatic rings. The minimum atomic E-state index is 0.0645. The summed E-state index contributed by atoms with van der Waals surface area (Å²) in [6.45, 7) is 4.54. The summed E-state index contributed by atoms with van der Waals surface area (Å²) < 4.78 is 7.57. The first-order chi connectivity index (χ1) is 17.2. The molecule has 6 nitrogen and oxygen atoms in total. The number of nitrogens with zero attached hydrogens (tertiary/aromatic N) is 4. The topological polar surface area (TPSA) is 60.2 Å². The highest BCUT2D eigenvalue weighted by molar-refractivity contribution is 7.98. The molecule has 0 radical (unpaired) electrons. The fourth-order valence-corrected chi connectivity index (χ4v) is 5.24. The van der Waals surface area contributed by atoms with E-state index >= 15 is 0 Å². The van der Waals surface area contributed by atoms with Gasteiger partial charge >= 0.3 is 0 Å². The van der Waals surface area contributed by atoms with Crippen LogP contribution in [0.3, 0.4) is 0 Å². The van der Waals surface area contributed by atoms with Crippen LogP contribution in [0.2, 0.25) is 0 Å². The Morgan fingerprint density at radius 3 is 2.43 bits per heavy atom.